The summed E-state index contributed by atoms with van der Waals surface area (Å²) >= 11 is 0. The summed E-state index contributed by atoms with van der Waals surface area (Å²) in [7, 11) is 0. The molecule has 0 amide bonds. The molecule has 0 aliphatic heterocycles. The molecule has 0 fully saturated rings. The van der Waals surface area contributed by atoms with Gasteiger partial charge in [-0.2, -0.15) is 5.10 Å². The van der Waals surface area contributed by atoms with Gasteiger partial charge in [-0.05, 0) is 32.3 Å². The molecule has 1 aromatic heterocycles. The molecule has 0 aliphatic carbocycles. The lowest BCUT2D eigenvalue weighted by Gasteiger charge is -2.07. The van der Waals surface area contributed by atoms with Gasteiger partial charge in [-0.15, -0.1) is 0 Å². The molecule has 4 heteroatoms. The van der Waals surface area contributed by atoms with E-state index in [1.54, 1.807) is 0 Å². The number of hydrogen-bond donors (Lipinski definition) is 1. The second-order valence-corrected chi connectivity index (χ2v) is 4.94. The van der Waals surface area contributed by atoms with E-state index in [1.807, 2.05) is 0 Å². The van der Waals surface area contributed by atoms with E-state index in [4.69, 9.17) is 4.74 Å². The third-order valence-electron chi connectivity index (χ3n) is 3.45. The highest BCUT2D eigenvalue weighted by Gasteiger charge is 2.08. The molecule has 0 saturated carbocycles. The van der Waals surface area contributed by atoms with E-state index < -0.39 is 0 Å². The molecule has 0 atom stereocenters. The number of unbranched alkanes of at least 4 members (excludes halogenated alkanes) is 1. The van der Waals surface area contributed by atoms with Gasteiger partial charge in [0.15, 0.2) is 0 Å². The molecule has 0 radical (unpaired) electrons. The van der Waals surface area contributed by atoms with E-state index >= 15 is 0 Å². The maximum atomic E-state index is 5.51. The SMILES string of the molecule is CCCCOCCNCCn1nc(C)c(CC)c1C. The zero-order valence-electron chi connectivity index (χ0n) is 13.0. The van der Waals surface area contributed by atoms with E-state index in [9.17, 15) is 0 Å². The predicted molar refractivity (Wildman–Crippen MR) is 79.7 cm³/mol. The number of aryl methyl sites for hydroxylation is 1. The number of hydrogen-bond acceptors (Lipinski definition) is 3. The van der Waals surface area contributed by atoms with Crippen molar-refractivity contribution in [3.63, 3.8) is 0 Å². The van der Waals surface area contributed by atoms with Crippen LogP contribution < -0.4 is 5.32 Å². The van der Waals surface area contributed by atoms with E-state index in [0.29, 0.717) is 0 Å². The highest BCUT2D eigenvalue weighted by molar-refractivity contribution is 5.24. The standard InChI is InChI=1S/C15H29N3O/c1-5-7-11-19-12-9-16-8-10-18-14(4)15(6-2)13(3)17-18/h16H,5-12H2,1-4H3. The Bertz CT molecular complexity index is 361. The molecule has 1 aromatic rings. The number of rotatable bonds is 10. The summed E-state index contributed by atoms with van der Waals surface area (Å²) in [6.45, 7) is 13.1. The molecule has 0 bridgehead atoms. The van der Waals surface area contributed by atoms with E-state index in [1.165, 1.54) is 23.4 Å². The molecule has 0 aliphatic rings. The largest absolute Gasteiger partial charge is 0.380 e. The number of nitrogens with zero attached hydrogens (tertiary/aromatic N) is 2. The third kappa shape index (κ3) is 5.33. The van der Waals surface area contributed by atoms with Gasteiger partial charge in [-0.3, -0.25) is 4.68 Å². The van der Waals surface area contributed by atoms with Gasteiger partial charge in [-0.25, -0.2) is 0 Å². The molecule has 4 nitrogen and oxygen atoms in total. The molecule has 1 N–H and O–H groups in total. The van der Waals surface area contributed by atoms with Crippen LogP contribution >= 0.6 is 0 Å². The lowest BCUT2D eigenvalue weighted by molar-refractivity contribution is 0.133. The summed E-state index contributed by atoms with van der Waals surface area (Å²) in [6.07, 6.45) is 3.42. The highest BCUT2D eigenvalue weighted by Crippen LogP contribution is 2.12. The molecule has 0 unspecified atom stereocenters. The topological polar surface area (TPSA) is 39.1 Å². The monoisotopic (exact) mass is 267 g/mol. The summed E-state index contributed by atoms with van der Waals surface area (Å²) in [4.78, 5) is 0. The van der Waals surface area contributed by atoms with Crippen molar-refractivity contribution in [2.24, 2.45) is 0 Å². The van der Waals surface area contributed by atoms with Crippen LogP contribution in [-0.2, 0) is 17.7 Å². The summed E-state index contributed by atoms with van der Waals surface area (Å²) in [5, 5.41) is 7.98. The van der Waals surface area contributed by atoms with Crippen molar-refractivity contribution in [3.8, 4) is 0 Å². The van der Waals surface area contributed by atoms with Gasteiger partial charge in [0.25, 0.3) is 0 Å². The first-order chi connectivity index (χ1) is 9.20. The van der Waals surface area contributed by atoms with Crippen LogP contribution in [0.15, 0.2) is 0 Å². The molecular weight excluding hydrogens is 238 g/mol. The fourth-order valence-corrected chi connectivity index (χ4v) is 2.27. The summed E-state index contributed by atoms with van der Waals surface area (Å²) in [6, 6.07) is 0. The van der Waals surface area contributed by atoms with Gasteiger partial charge in [0.05, 0.1) is 18.8 Å². The van der Waals surface area contributed by atoms with Crippen LogP contribution in [0.4, 0.5) is 0 Å². The second kappa shape index (κ2) is 9.10. The average Bonchev–Trinajstić information content (AvgIpc) is 2.67. The van der Waals surface area contributed by atoms with Crippen molar-refractivity contribution >= 4 is 0 Å². The first kappa shape index (κ1) is 16.2. The minimum absolute atomic E-state index is 0.803. The van der Waals surface area contributed by atoms with Crippen LogP contribution in [0.2, 0.25) is 0 Å². The van der Waals surface area contributed by atoms with Crippen molar-refractivity contribution in [1.82, 2.24) is 15.1 Å². The van der Waals surface area contributed by atoms with Crippen LogP contribution in [0.1, 0.15) is 43.6 Å². The fourth-order valence-electron chi connectivity index (χ4n) is 2.27. The second-order valence-electron chi connectivity index (χ2n) is 4.94. The Balaban J connectivity index is 2.16. The molecule has 1 heterocycles. The molecule has 1 rings (SSSR count). The smallest absolute Gasteiger partial charge is 0.0628 e. The molecule has 110 valence electrons. The highest BCUT2D eigenvalue weighted by atomic mass is 16.5. The van der Waals surface area contributed by atoms with Crippen LogP contribution in [0, 0.1) is 13.8 Å². The van der Waals surface area contributed by atoms with E-state index in [-0.39, 0.29) is 0 Å². The van der Waals surface area contributed by atoms with Gasteiger partial charge < -0.3 is 10.1 Å². The van der Waals surface area contributed by atoms with E-state index in [2.05, 4.69) is 42.8 Å². The fraction of sp³-hybridized carbons (Fsp3) is 0.800. The maximum absolute atomic E-state index is 5.51. The number of aromatic nitrogens is 2. The lowest BCUT2D eigenvalue weighted by Crippen LogP contribution is -2.25. The Morgan fingerprint density at radius 1 is 1.16 bits per heavy atom. The van der Waals surface area contributed by atoms with Gasteiger partial charge >= 0.3 is 0 Å². The van der Waals surface area contributed by atoms with Crippen molar-refractivity contribution in [1.29, 1.82) is 0 Å². The van der Waals surface area contributed by atoms with Crippen LogP contribution in [-0.4, -0.2) is 36.1 Å². The van der Waals surface area contributed by atoms with Gasteiger partial charge in [0, 0.05) is 25.4 Å². The molecule has 0 saturated heterocycles. The van der Waals surface area contributed by atoms with Gasteiger partial charge in [0.2, 0.25) is 0 Å². The molecule has 0 aromatic carbocycles. The quantitative estimate of drug-likeness (QED) is 0.662. The Kier molecular flexibility index (Phi) is 7.75. The maximum Gasteiger partial charge on any atom is 0.0628 e. The third-order valence-corrected chi connectivity index (χ3v) is 3.45. The Morgan fingerprint density at radius 3 is 2.58 bits per heavy atom. The Labute approximate surface area is 117 Å². The summed E-state index contributed by atoms with van der Waals surface area (Å²) in [5.41, 5.74) is 3.87. The zero-order chi connectivity index (χ0) is 14.1. The summed E-state index contributed by atoms with van der Waals surface area (Å²) in [5.74, 6) is 0. The first-order valence-electron chi connectivity index (χ1n) is 7.52. The van der Waals surface area contributed by atoms with Gasteiger partial charge in [0.1, 0.15) is 0 Å². The predicted octanol–water partition coefficient (Wildman–Crippen LogP) is 2.47. The van der Waals surface area contributed by atoms with Crippen LogP contribution in [0.25, 0.3) is 0 Å². The Morgan fingerprint density at radius 2 is 1.95 bits per heavy atom. The van der Waals surface area contributed by atoms with Crippen LogP contribution in [0.3, 0.4) is 0 Å². The van der Waals surface area contributed by atoms with Crippen molar-refractivity contribution in [2.75, 3.05) is 26.3 Å². The van der Waals surface area contributed by atoms with E-state index in [0.717, 1.165) is 45.7 Å². The lowest BCUT2D eigenvalue weighted by atomic mass is 10.1. The van der Waals surface area contributed by atoms with Crippen LogP contribution in [0.5, 0.6) is 0 Å². The Hall–Kier alpha value is -0.870. The molecular formula is C15H29N3O. The number of nitrogens with one attached hydrogen (secondary N) is 1. The normalized spacial score (nSPS) is 11.2. The van der Waals surface area contributed by atoms with Crippen molar-refractivity contribution in [2.45, 2.75) is 53.5 Å². The minimum atomic E-state index is 0.803. The summed E-state index contributed by atoms with van der Waals surface area (Å²) < 4.78 is 7.62. The molecule has 19 heavy (non-hydrogen) atoms. The van der Waals surface area contributed by atoms with Crippen molar-refractivity contribution in [3.05, 3.63) is 17.0 Å². The van der Waals surface area contributed by atoms with Gasteiger partial charge in [-0.1, -0.05) is 20.3 Å². The average molecular weight is 267 g/mol. The van der Waals surface area contributed by atoms with Crippen molar-refractivity contribution < 1.29 is 4.74 Å². The first-order valence-corrected chi connectivity index (χ1v) is 7.52. The zero-order valence-corrected chi connectivity index (χ0v) is 13.0. The molecule has 0 spiro atoms. The number of ether oxygens (including phenoxy) is 1. The minimum Gasteiger partial charge on any atom is -0.380 e.